The standard InChI is InChI=1S/C15H23N5O3/c1-11-14(17-23-16-11)19-7-9-20(10-8-19)15(22)13-3-5-18(6-4-13)12(2)21/h13H,3-10H2,1-2H3. The number of amides is 2. The smallest absolute Gasteiger partial charge is 0.225 e. The number of carbonyl (C=O) groups is 2. The first-order chi connectivity index (χ1) is 11.1. The lowest BCUT2D eigenvalue weighted by atomic mass is 9.95. The van der Waals surface area contributed by atoms with E-state index in [0.29, 0.717) is 26.2 Å². The second-order valence-corrected chi connectivity index (χ2v) is 6.27. The van der Waals surface area contributed by atoms with E-state index in [0.717, 1.165) is 37.4 Å². The zero-order chi connectivity index (χ0) is 16.4. The van der Waals surface area contributed by atoms with E-state index >= 15 is 0 Å². The fourth-order valence-electron chi connectivity index (χ4n) is 3.35. The van der Waals surface area contributed by atoms with Crippen molar-refractivity contribution in [3.05, 3.63) is 5.69 Å². The molecule has 0 unspecified atom stereocenters. The Balaban J connectivity index is 1.51. The van der Waals surface area contributed by atoms with Crippen LogP contribution in [0.3, 0.4) is 0 Å². The number of hydrogen-bond acceptors (Lipinski definition) is 6. The van der Waals surface area contributed by atoms with Gasteiger partial charge in [-0.2, -0.15) is 0 Å². The number of nitrogens with zero attached hydrogens (tertiary/aromatic N) is 5. The molecule has 3 rings (SSSR count). The number of hydrogen-bond donors (Lipinski definition) is 0. The molecule has 2 saturated heterocycles. The quantitative estimate of drug-likeness (QED) is 0.778. The SMILES string of the molecule is CC(=O)N1CCC(C(=O)N2CCN(c3nonc3C)CC2)CC1. The number of aryl methyl sites for hydroxylation is 1. The van der Waals surface area contributed by atoms with Gasteiger partial charge in [0.15, 0.2) is 5.82 Å². The number of aromatic nitrogens is 2. The lowest BCUT2D eigenvalue weighted by Crippen LogP contribution is -2.52. The molecule has 0 N–H and O–H groups in total. The largest absolute Gasteiger partial charge is 0.349 e. The molecule has 2 amide bonds. The third kappa shape index (κ3) is 3.30. The monoisotopic (exact) mass is 321 g/mol. The molecule has 8 nitrogen and oxygen atoms in total. The summed E-state index contributed by atoms with van der Waals surface area (Å²) in [4.78, 5) is 29.9. The van der Waals surface area contributed by atoms with E-state index in [-0.39, 0.29) is 17.7 Å². The maximum atomic E-state index is 12.6. The Morgan fingerprint density at radius 2 is 1.65 bits per heavy atom. The lowest BCUT2D eigenvalue weighted by molar-refractivity contribution is -0.140. The van der Waals surface area contributed by atoms with Crippen LogP contribution in [0, 0.1) is 12.8 Å². The maximum Gasteiger partial charge on any atom is 0.225 e. The average Bonchev–Trinajstić information content (AvgIpc) is 3.00. The zero-order valence-corrected chi connectivity index (χ0v) is 13.7. The summed E-state index contributed by atoms with van der Waals surface area (Å²) in [5, 5.41) is 7.72. The van der Waals surface area contributed by atoms with Crippen LogP contribution in [0.15, 0.2) is 4.63 Å². The van der Waals surface area contributed by atoms with Crippen molar-refractivity contribution < 1.29 is 14.2 Å². The van der Waals surface area contributed by atoms with Gasteiger partial charge in [-0.25, -0.2) is 4.63 Å². The van der Waals surface area contributed by atoms with E-state index in [1.54, 1.807) is 6.92 Å². The number of likely N-dealkylation sites (tertiary alicyclic amines) is 1. The van der Waals surface area contributed by atoms with Gasteiger partial charge in [-0.3, -0.25) is 9.59 Å². The predicted molar refractivity (Wildman–Crippen MR) is 82.8 cm³/mol. The highest BCUT2D eigenvalue weighted by atomic mass is 16.6. The molecule has 23 heavy (non-hydrogen) atoms. The van der Waals surface area contributed by atoms with Crippen LogP contribution < -0.4 is 4.90 Å². The van der Waals surface area contributed by atoms with Crippen molar-refractivity contribution in [3.8, 4) is 0 Å². The first-order valence-corrected chi connectivity index (χ1v) is 8.14. The minimum Gasteiger partial charge on any atom is -0.349 e. The number of piperazine rings is 1. The van der Waals surface area contributed by atoms with E-state index in [1.165, 1.54) is 0 Å². The first-order valence-electron chi connectivity index (χ1n) is 8.14. The van der Waals surface area contributed by atoms with Gasteiger partial charge in [0.1, 0.15) is 5.69 Å². The third-order valence-electron chi connectivity index (χ3n) is 4.81. The Kier molecular flexibility index (Phi) is 4.49. The molecule has 8 heteroatoms. The number of piperidine rings is 1. The topological polar surface area (TPSA) is 82.8 Å². The van der Waals surface area contributed by atoms with Crippen molar-refractivity contribution in [2.45, 2.75) is 26.7 Å². The van der Waals surface area contributed by atoms with E-state index in [4.69, 9.17) is 4.63 Å². The number of carbonyl (C=O) groups excluding carboxylic acids is 2. The summed E-state index contributed by atoms with van der Waals surface area (Å²) in [5.74, 6) is 1.14. The lowest BCUT2D eigenvalue weighted by Gasteiger charge is -2.38. The van der Waals surface area contributed by atoms with E-state index in [1.807, 2.05) is 16.7 Å². The minimum absolute atomic E-state index is 0.0487. The Morgan fingerprint density at radius 1 is 1.00 bits per heavy atom. The summed E-state index contributed by atoms with van der Waals surface area (Å²) in [5.41, 5.74) is 0.779. The van der Waals surface area contributed by atoms with Crippen LogP contribution in [0.4, 0.5) is 5.82 Å². The number of rotatable bonds is 2. The molecule has 0 aromatic carbocycles. The molecule has 1 aromatic heterocycles. The van der Waals surface area contributed by atoms with E-state index in [2.05, 4.69) is 15.2 Å². The Hall–Kier alpha value is -2.12. The van der Waals surface area contributed by atoms with Crippen molar-refractivity contribution in [1.82, 2.24) is 20.1 Å². The van der Waals surface area contributed by atoms with Gasteiger partial charge in [-0.1, -0.05) is 5.16 Å². The number of anilines is 1. The van der Waals surface area contributed by atoms with Crippen molar-refractivity contribution in [3.63, 3.8) is 0 Å². The normalized spacial score (nSPS) is 20.0. The van der Waals surface area contributed by atoms with Crippen LogP contribution in [0.5, 0.6) is 0 Å². The van der Waals surface area contributed by atoms with Crippen LogP contribution in [0.2, 0.25) is 0 Å². The molecule has 2 fully saturated rings. The molecule has 0 saturated carbocycles. The fourth-order valence-corrected chi connectivity index (χ4v) is 3.35. The van der Waals surface area contributed by atoms with Gasteiger partial charge in [0, 0.05) is 52.1 Å². The molecule has 126 valence electrons. The summed E-state index contributed by atoms with van der Waals surface area (Å²) in [7, 11) is 0. The molecular formula is C15H23N5O3. The van der Waals surface area contributed by atoms with Gasteiger partial charge in [0.05, 0.1) is 0 Å². The van der Waals surface area contributed by atoms with Crippen molar-refractivity contribution >= 4 is 17.6 Å². The summed E-state index contributed by atoms with van der Waals surface area (Å²) < 4.78 is 4.74. The van der Waals surface area contributed by atoms with E-state index in [9.17, 15) is 9.59 Å². The fraction of sp³-hybridized carbons (Fsp3) is 0.733. The van der Waals surface area contributed by atoms with Crippen molar-refractivity contribution in [2.75, 3.05) is 44.2 Å². The Morgan fingerprint density at radius 3 is 2.17 bits per heavy atom. The molecule has 2 aliphatic heterocycles. The van der Waals surface area contributed by atoms with Crippen LogP contribution in [-0.2, 0) is 9.59 Å². The highest BCUT2D eigenvalue weighted by Gasteiger charge is 2.31. The average molecular weight is 321 g/mol. The van der Waals surface area contributed by atoms with Crippen LogP contribution >= 0.6 is 0 Å². The minimum atomic E-state index is 0.0487. The molecule has 0 aliphatic carbocycles. The summed E-state index contributed by atoms with van der Waals surface area (Å²) in [6.45, 7) is 7.70. The molecule has 0 radical (unpaired) electrons. The van der Waals surface area contributed by atoms with Crippen molar-refractivity contribution in [1.29, 1.82) is 0 Å². The summed E-state index contributed by atoms with van der Waals surface area (Å²) in [6.07, 6.45) is 1.54. The Bertz CT molecular complexity index is 571. The Labute approximate surface area is 135 Å². The maximum absolute atomic E-state index is 12.6. The molecule has 1 aromatic rings. The van der Waals surface area contributed by atoms with Gasteiger partial charge in [-0.15, -0.1) is 0 Å². The molecule has 0 spiro atoms. The van der Waals surface area contributed by atoms with Crippen LogP contribution in [0.25, 0.3) is 0 Å². The summed E-state index contributed by atoms with van der Waals surface area (Å²) in [6, 6.07) is 0. The second-order valence-electron chi connectivity index (χ2n) is 6.27. The predicted octanol–water partition coefficient (Wildman–Crippen LogP) is 0.285. The van der Waals surface area contributed by atoms with Crippen LogP contribution in [0.1, 0.15) is 25.5 Å². The highest BCUT2D eigenvalue weighted by Crippen LogP contribution is 2.22. The second kappa shape index (κ2) is 6.55. The van der Waals surface area contributed by atoms with Gasteiger partial charge in [-0.05, 0) is 24.9 Å². The molecular weight excluding hydrogens is 298 g/mol. The molecule has 2 aliphatic rings. The van der Waals surface area contributed by atoms with E-state index < -0.39 is 0 Å². The first kappa shape index (κ1) is 15.8. The molecule has 0 atom stereocenters. The zero-order valence-electron chi connectivity index (χ0n) is 13.7. The summed E-state index contributed by atoms with van der Waals surface area (Å²) >= 11 is 0. The highest BCUT2D eigenvalue weighted by molar-refractivity contribution is 5.80. The van der Waals surface area contributed by atoms with Gasteiger partial charge >= 0.3 is 0 Å². The molecule has 3 heterocycles. The van der Waals surface area contributed by atoms with Gasteiger partial charge < -0.3 is 14.7 Å². The van der Waals surface area contributed by atoms with Gasteiger partial charge in [0.2, 0.25) is 11.8 Å². The third-order valence-corrected chi connectivity index (χ3v) is 4.81. The van der Waals surface area contributed by atoms with Crippen molar-refractivity contribution in [2.24, 2.45) is 5.92 Å². The van der Waals surface area contributed by atoms with Gasteiger partial charge in [0.25, 0.3) is 0 Å². The van der Waals surface area contributed by atoms with Crippen LogP contribution in [-0.4, -0.2) is 71.2 Å². The molecule has 0 bridgehead atoms.